The van der Waals surface area contributed by atoms with Crippen LogP contribution in [0, 0.1) is 6.92 Å². The predicted molar refractivity (Wildman–Crippen MR) is 92.4 cm³/mol. The van der Waals surface area contributed by atoms with E-state index >= 15 is 0 Å². The number of rotatable bonds is 3. The molecule has 0 aromatic carbocycles. The molecule has 3 aromatic rings. The van der Waals surface area contributed by atoms with Crippen molar-refractivity contribution in [3.63, 3.8) is 0 Å². The molecule has 4 rings (SSSR count). The van der Waals surface area contributed by atoms with E-state index < -0.39 is 0 Å². The minimum absolute atomic E-state index is 0.601. The van der Waals surface area contributed by atoms with Crippen LogP contribution in [0.5, 0.6) is 0 Å². The van der Waals surface area contributed by atoms with E-state index in [0.717, 1.165) is 18.7 Å². The molecule has 0 radical (unpaired) electrons. The molecule has 0 bridgehead atoms. The van der Waals surface area contributed by atoms with Crippen molar-refractivity contribution in [2.45, 2.75) is 32.2 Å². The Morgan fingerprint density at radius 2 is 2.32 bits per heavy atom. The van der Waals surface area contributed by atoms with Gasteiger partial charge >= 0.3 is 0 Å². The Morgan fingerprint density at radius 1 is 1.36 bits per heavy atom. The number of nitrogens with zero attached hydrogens (tertiary/aromatic N) is 2. The number of H-pyrrole nitrogens is 1. The van der Waals surface area contributed by atoms with Gasteiger partial charge in [0.05, 0.1) is 0 Å². The lowest BCUT2D eigenvalue weighted by Crippen LogP contribution is -2.33. The molecule has 22 heavy (non-hydrogen) atoms. The van der Waals surface area contributed by atoms with E-state index in [2.05, 4.69) is 46.1 Å². The molecule has 114 valence electrons. The Morgan fingerprint density at radius 3 is 3.14 bits per heavy atom. The van der Waals surface area contributed by atoms with E-state index in [-0.39, 0.29) is 0 Å². The summed E-state index contributed by atoms with van der Waals surface area (Å²) in [5, 5.41) is 1.23. The third-order valence-corrected chi connectivity index (χ3v) is 5.52. The van der Waals surface area contributed by atoms with Gasteiger partial charge in [0.1, 0.15) is 5.65 Å². The molecule has 0 amide bonds. The molecular weight excluding hydrogens is 290 g/mol. The van der Waals surface area contributed by atoms with Gasteiger partial charge in [0.25, 0.3) is 0 Å². The van der Waals surface area contributed by atoms with Gasteiger partial charge in [0.15, 0.2) is 0 Å². The van der Waals surface area contributed by atoms with Crippen molar-refractivity contribution in [1.29, 1.82) is 0 Å². The molecule has 1 fully saturated rings. The zero-order valence-electron chi connectivity index (χ0n) is 12.9. The molecule has 4 heteroatoms. The van der Waals surface area contributed by atoms with Gasteiger partial charge in [-0.1, -0.05) is 0 Å². The highest BCUT2D eigenvalue weighted by molar-refractivity contribution is 7.11. The fourth-order valence-corrected chi connectivity index (χ4v) is 4.38. The second-order valence-electron chi connectivity index (χ2n) is 6.25. The fraction of sp³-hybridized carbons (Fsp3) is 0.389. The summed E-state index contributed by atoms with van der Waals surface area (Å²) in [6, 6.07) is 10.9. The highest BCUT2D eigenvalue weighted by atomic mass is 32.1. The number of thiophene rings is 1. The molecule has 4 heterocycles. The standard InChI is InChI=1S/C18H21N3S/c1-13-6-7-16(22-13)12-21-9-3-5-15(11-21)17-10-14-4-2-8-19-18(14)20-17/h2,4,6-8,10,15H,3,5,9,11-12H2,1H3,(H,19,20). The summed E-state index contributed by atoms with van der Waals surface area (Å²) < 4.78 is 0. The van der Waals surface area contributed by atoms with Gasteiger partial charge in [0.2, 0.25) is 0 Å². The Bertz CT molecular complexity index is 740. The summed E-state index contributed by atoms with van der Waals surface area (Å²) in [4.78, 5) is 13.4. The molecule has 1 aliphatic heterocycles. The Hall–Kier alpha value is -1.65. The predicted octanol–water partition coefficient (Wildman–Crippen LogP) is 4.31. The molecule has 1 saturated heterocycles. The smallest absolute Gasteiger partial charge is 0.137 e. The van der Waals surface area contributed by atoms with Gasteiger partial charge < -0.3 is 4.98 Å². The minimum Gasteiger partial charge on any atom is -0.343 e. The molecule has 3 aromatic heterocycles. The lowest BCUT2D eigenvalue weighted by Gasteiger charge is -2.32. The van der Waals surface area contributed by atoms with Gasteiger partial charge in [-0.2, -0.15) is 0 Å². The van der Waals surface area contributed by atoms with Crippen LogP contribution in [0.1, 0.15) is 34.2 Å². The van der Waals surface area contributed by atoms with Gasteiger partial charge in [-0.25, -0.2) is 4.98 Å². The molecule has 1 unspecified atom stereocenters. The van der Waals surface area contributed by atoms with Gasteiger partial charge in [-0.05, 0) is 56.6 Å². The van der Waals surface area contributed by atoms with Crippen LogP contribution in [-0.2, 0) is 6.54 Å². The van der Waals surface area contributed by atoms with Crippen LogP contribution in [0.2, 0.25) is 0 Å². The molecule has 0 aliphatic carbocycles. The summed E-state index contributed by atoms with van der Waals surface area (Å²) >= 11 is 1.92. The number of hydrogen-bond acceptors (Lipinski definition) is 3. The number of fused-ring (bicyclic) bond motifs is 1. The van der Waals surface area contributed by atoms with Crippen molar-refractivity contribution >= 4 is 22.4 Å². The van der Waals surface area contributed by atoms with Crippen molar-refractivity contribution in [2.75, 3.05) is 13.1 Å². The lowest BCUT2D eigenvalue weighted by atomic mass is 9.95. The molecule has 3 nitrogen and oxygen atoms in total. The first kappa shape index (κ1) is 14.0. The van der Waals surface area contributed by atoms with Crippen LogP contribution in [0.15, 0.2) is 36.5 Å². The minimum atomic E-state index is 0.601. The second kappa shape index (κ2) is 5.86. The average molecular weight is 311 g/mol. The van der Waals surface area contributed by atoms with E-state index in [0.29, 0.717) is 5.92 Å². The summed E-state index contributed by atoms with van der Waals surface area (Å²) in [6.45, 7) is 5.63. The zero-order valence-corrected chi connectivity index (χ0v) is 13.7. The Balaban J connectivity index is 1.50. The number of likely N-dealkylation sites (tertiary alicyclic amines) is 1. The van der Waals surface area contributed by atoms with Crippen LogP contribution in [0.4, 0.5) is 0 Å². The van der Waals surface area contributed by atoms with E-state index in [1.165, 1.54) is 40.2 Å². The third kappa shape index (κ3) is 2.81. The summed E-state index contributed by atoms with van der Waals surface area (Å²) in [5.41, 5.74) is 2.37. The van der Waals surface area contributed by atoms with Crippen LogP contribution in [0.3, 0.4) is 0 Å². The highest BCUT2D eigenvalue weighted by Gasteiger charge is 2.23. The monoisotopic (exact) mass is 311 g/mol. The van der Waals surface area contributed by atoms with Crippen LogP contribution in [0.25, 0.3) is 11.0 Å². The normalized spacial score (nSPS) is 19.8. The van der Waals surface area contributed by atoms with Crippen molar-refractivity contribution < 1.29 is 0 Å². The van der Waals surface area contributed by atoms with Gasteiger partial charge in [0, 0.05) is 46.0 Å². The largest absolute Gasteiger partial charge is 0.343 e. The molecular formula is C18H21N3S. The van der Waals surface area contributed by atoms with Crippen molar-refractivity contribution in [1.82, 2.24) is 14.9 Å². The van der Waals surface area contributed by atoms with E-state index in [1.54, 1.807) is 0 Å². The SMILES string of the molecule is Cc1ccc(CN2CCCC(c3cc4cccnc4[nH]3)C2)s1. The Kier molecular flexibility index (Phi) is 3.72. The number of pyridine rings is 1. The maximum atomic E-state index is 4.42. The summed E-state index contributed by atoms with van der Waals surface area (Å²) in [5.74, 6) is 0.601. The number of hydrogen-bond donors (Lipinski definition) is 1. The average Bonchev–Trinajstić information content (AvgIpc) is 3.13. The summed E-state index contributed by atoms with van der Waals surface area (Å²) in [6.07, 6.45) is 4.40. The third-order valence-electron chi connectivity index (χ3n) is 4.53. The number of aromatic nitrogens is 2. The van der Waals surface area contributed by atoms with Crippen molar-refractivity contribution in [3.05, 3.63) is 52.0 Å². The maximum absolute atomic E-state index is 4.42. The zero-order chi connectivity index (χ0) is 14.9. The van der Waals surface area contributed by atoms with Gasteiger partial charge in [-0.15, -0.1) is 11.3 Å². The first-order valence-electron chi connectivity index (χ1n) is 7.99. The first-order valence-corrected chi connectivity index (χ1v) is 8.81. The van der Waals surface area contributed by atoms with Crippen molar-refractivity contribution in [3.8, 4) is 0 Å². The van der Waals surface area contributed by atoms with Gasteiger partial charge in [-0.3, -0.25) is 4.90 Å². The fourth-order valence-electron chi connectivity index (χ4n) is 3.44. The number of aromatic amines is 1. The van der Waals surface area contributed by atoms with E-state index in [1.807, 2.05) is 23.6 Å². The van der Waals surface area contributed by atoms with Crippen LogP contribution in [-0.4, -0.2) is 28.0 Å². The molecule has 0 saturated carbocycles. The first-order chi connectivity index (χ1) is 10.8. The lowest BCUT2D eigenvalue weighted by molar-refractivity contribution is 0.200. The second-order valence-corrected chi connectivity index (χ2v) is 7.62. The van der Waals surface area contributed by atoms with Crippen LogP contribution >= 0.6 is 11.3 Å². The molecule has 1 aliphatic rings. The molecule has 1 atom stereocenters. The van der Waals surface area contributed by atoms with E-state index in [4.69, 9.17) is 0 Å². The quantitative estimate of drug-likeness (QED) is 0.781. The van der Waals surface area contributed by atoms with Crippen LogP contribution < -0.4 is 0 Å². The maximum Gasteiger partial charge on any atom is 0.137 e. The highest BCUT2D eigenvalue weighted by Crippen LogP contribution is 2.29. The number of aryl methyl sites for hydroxylation is 1. The number of piperidine rings is 1. The van der Waals surface area contributed by atoms with E-state index in [9.17, 15) is 0 Å². The molecule has 1 N–H and O–H groups in total. The summed E-state index contributed by atoms with van der Waals surface area (Å²) in [7, 11) is 0. The Labute approximate surface area is 135 Å². The molecule has 0 spiro atoms. The van der Waals surface area contributed by atoms with Crippen molar-refractivity contribution in [2.24, 2.45) is 0 Å². The number of nitrogens with one attached hydrogen (secondary N) is 1. The topological polar surface area (TPSA) is 31.9 Å².